The molecule has 1 aromatic rings. The fraction of sp³-hybridized carbons (Fsp3) is 0.273. The molecule has 0 saturated heterocycles. The van der Waals surface area contributed by atoms with Crippen LogP contribution in [0.2, 0.25) is 0 Å². The number of nitriles is 1. The first-order valence-electron chi connectivity index (χ1n) is 4.71. The van der Waals surface area contributed by atoms with E-state index in [1.807, 2.05) is 6.07 Å². The molecular formula is C11H9BrN2O. The zero-order valence-electron chi connectivity index (χ0n) is 7.96. The second-order valence-electron chi connectivity index (χ2n) is 3.55. The van der Waals surface area contributed by atoms with Crippen LogP contribution in [0.5, 0.6) is 0 Å². The molecule has 1 fully saturated rings. The Hall–Kier alpha value is -1.34. The quantitative estimate of drug-likeness (QED) is 0.891. The summed E-state index contributed by atoms with van der Waals surface area (Å²) in [6.07, 6.45) is 2.15. The van der Waals surface area contributed by atoms with E-state index in [0.717, 1.165) is 12.8 Å². The van der Waals surface area contributed by atoms with E-state index >= 15 is 0 Å². The van der Waals surface area contributed by atoms with Crippen molar-refractivity contribution in [2.45, 2.75) is 18.9 Å². The Bertz CT molecular complexity index is 446. The molecule has 0 heterocycles. The first-order chi connectivity index (χ1) is 7.20. The molecule has 1 amide bonds. The van der Waals surface area contributed by atoms with Crippen molar-refractivity contribution in [3.05, 3.63) is 33.8 Å². The predicted molar refractivity (Wildman–Crippen MR) is 59.3 cm³/mol. The van der Waals surface area contributed by atoms with Crippen LogP contribution in [0, 0.1) is 11.3 Å². The summed E-state index contributed by atoms with van der Waals surface area (Å²) >= 11 is 3.25. The lowest BCUT2D eigenvalue weighted by molar-refractivity contribution is 0.0951. The van der Waals surface area contributed by atoms with Gasteiger partial charge >= 0.3 is 0 Å². The van der Waals surface area contributed by atoms with Crippen molar-refractivity contribution in [1.82, 2.24) is 5.32 Å². The van der Waals surface area contributed by atoms with Crippen LogP contribution in [0.25, 0.3) is 0 Å². The fourth-order valence-corrected chi connectivity index (χ4v) is 1.71. The Morgan fingerprint density at radius 3 is 2.80 bits per heavy atom. The third kappa shape index (κ3) is 2.37. The molecule has 1 N–H and O–H groups in total. The second-order valence-corrected chi connectivity index (χ2v) is 4.41. The molecular weight excluding hydrogens is 256 g/mol. The van der Waals surface area contributed by atoms with Crippen LogP contribution in [0.4, 0.5) is 0 Å². The molecule has 4 heteroatoms. The second kappa shape index (κ2) is 4.03. The number of nitrogens with zero attached hydrogens (tertiary/aromatic N) is 1. The van der Waals surface area contributed by atoms with Gasteiger partial charge in [-0.2, -0.15) is 5.26 Å². The summed E-state index contributed by atoms with van der Waals surface area (Å²) in [6, 6.07) is 7.38. The molecule has 1 aromatic carbocycles. The van der Waals surface area contributed by atoms with Crippen molar-refractivity contribution in [2.75, 3.05) is 0 Å². The van der Waals surface area contributed by atoms with Gasteiger partial charge in [-0.25, -0.2) is 0 Å². The van der Waals surface area contributed by atoms with Gasteiger partial charge in [-0.1, -0.05) is 0 Å². The van der Waals surface area contributed by atoms with Gasteiger partial charge in [0.25, 0.3) is 5.91 Å². The minimum atomic E-state index is -0.0670. The molecule has 1 aliphatic carbocycles. The van der Waals surface area contributed by atoms with E-state index in [4.69, 9.17) is 5.26 Å². The summed E-state index contributed by atoms with van der Waals surface area (Å²) in [5, 5.41) is 11.6. The Labute approximate surface area is 96.2 Å². The van der Waals surface area contributed by atoms with Crippen molar-refractivity contribution >= 4 is 21.8 Å². The van der Waals surface area contributed by atoms with Gasteiger partial charge in [0.15, 0.2) is 0 Å². The van der Waals surface area contributed by atoms with Crippen molar-refractivity contribution in [2.24, 2.45) is 0 Å². The number of rotatable bonds is 2. The maximum absolute atomic E-state index is 11.6. The number of nitrogens with one attached hydrogen (secondary N) is 1. The molecule has 1 saturated carbocycles. The largest absolute Gasteiger partial charge is 0.349 e. The summed E-state index contributed by atoms with van der Waals surface area (Å²) in [5.41, 5.74) is 1.13. The molecule has 0 radical (unpaired) electrons. The predicted octanol–water partition coefficient (Wildman–Crippen LogP) is 2.21. The van der Waals surface area contributed by atoms with Gasteiger partial charge in [0, 0.05) is 16.1 Å². The number of hydrogen-bond acceptors (Lipinski definition) is 2. The molecule has 1 aliphatic rings. The van der Waals surface area contributed by atoms with Crippen molar-refractivity contribution in [3.63, 3.8) is 0 Å². The molecule has 0 aromatic heterocycles. The smallest absolute Gasteiger partial charge is 0.251 e. The maximum Gasteiger partial charge on any atom is 0.251 e. The van der Waals surface area contributed by atoms with Gasteiger partial charge in [-0.05, 0) is 47.0 Å². The summed E-state index contributed by atoms with van der Waals surface area (Å²) in [7, 11) is 0. The highest BCUT2D eigenvalue weighted by molar-refractivity contribution is 9.10. The standard InChI is InChI=1S/C11H9BrN2O/c12-10-5-7(1-2-8(10)6-13)11(15)14-9-3-4-9/h1-2,5,9H,3-4H2,(H,14,15). The fourth-order valence-electron chi connectivity index (χ4n) is 1.24. The van der Waals surface area contributed by atoms with Gasteiger partial charge in [0.2, 0.25) is 0 Å². The average molecular weight is 265 g/mol. The molecule has 0 aliphatic heterocycles. The van der Waals surface area contributed by atoms with E-state index in [0.29, 0.717) is 21.6 Å². The molecule has 15 heavy (non-hydrogen) atoms. The third-order valence-electron chi connectivity index (χ3n) is 2.26. The van der Waals surface area contributed by atoms with Crippen LogP contribution in [0.15, 0.2) is 22.7 Å². The Kier molecular flexibility index (Phi) is 2.74. The van der Waals surface area contributed by atoms with Crippen LogP contribution in [0.3, 0.4) is 0 Å². The van der Waals surface area contributed by atoms with Gasteiger partial charge in [-0.3, -0.25) is 4.79 Å². The number of benzene rings is 1. The van der Waals surface area contributed by atoms with E-state index in [-0.39, 0.29) is 5.91 Å². The first kappa shape index (κ1) is 10.2. The monoisotopic (exact) mass is 264 g/mol. The molecule has 0 unspecified atom stereocenters. The van der Waals surface area contributed by atoms with Gasteiger partial charge < -0.3 is 5.32 Å². The van der Waals surface area contributed by atoms with E-state index in [1.54, 1.807) is 18.2 Å². The highest BCUT2D eigenvalue weighted by Gasteiger charge is 2.23. The van der Waals surface area contributed by atoms with Crippen LogP contribution in [-0.4, -0.2) is 11.9 Å². The first-order valence-corrected chi connectivity index (χ1v) is 5.50. The number of carbonyl (C=O) groups is 1. The number of amides is 1. The summed E-state index contributed by atoms with van der Waals surface area (Å²) < 4.78 is 0.661. The molecule has 0 atom stereocenters. The minimum Gasteiger partial charge on any atom is -0.349 e. The van der Waals surface area contributed by atoms with Crippen LogP contribution >= 0.6 is 15.9 Å². The lowest BCUT2D eigenvalue weighted by atomic mass is 10.1. The van der Waals surface area contributed by atoms with Crippen LogP contribution < -0.4 is 5.32 Å². The normalized spacial score (nSPS) is 14.4. The number of carbonyl (C=O) groups excluding carboxylic acids is 1. The van der Waals surface area contributed by atoms with Gasteiger partial charge in [0.1, 0.15) is 6.07 Å². The van der Waals surface area contributed by atoms with Gasteiger partial charge in [-0.15, -0.1) is 0 Å². The van der Waals surface area contributed by atoms with E-state index in [1.165, 1.54) is 0 Å². The van der Waals surface area contributed by atoms with Crippen LogP contribution in [0.1, 0.15) is 28.8 Å². The van der Waals surface area contributed by atoms with E-state index < -0.39 is 0 Å². The third-order valence-corrected chi connectivity index (χ3v) is 2.92. The molecule has 3 nitrogen and oxygen atoms in total. The van der Waals surface area contributed by atoms with Crippen molar-refractivity contribution < 1.29 is 4.79 Å². The highest BCUT2D eigenvalue weighted by Crippen LogP contribution is 2.21. The van der Waals surface area contributed by atoms with Crippen molar-refractivity contribution in [1.29, 1.82) is 5.26 Å². The Balaban J connectivity index is 2.18. The minimum absolute atomic E-state index is 0.0670. The number of hydrogen-bond donors (Lipinski definition) is 1. The van der Waals surface area contributed by atoms with E-state index in [2.05, 4.69) is 21.2 Å². The summed E-state index contributed by atoms with van der Waals surface area (Å²) in [6.45, 7) is 0. The SMILES string of the molecule is N#Cc1ccc(C(=O)NC2CC2)cc1Br. The van der Waals surface area contributed by atoms with Crippen molar-refractivity contribution in [3.8, 4) is 6.07 Å². The van der Waals surface area contributed by atoms with E-state index in [9.17, 15) is 4.79 Å². The Morgan fingerprint density at radius 2 is 2.27 bits per heavy atom. The number of halogens is 1. The lowest BCUT2D eigenvalue weighted by Crippen LogP contribution is -2.25. The zero-order chi connectivity index (χ0) is 10.8. The molecule has 0 spiro atoms. The summed E-state index contributed by atoms with van der Waals surface area (Å²) in [5.74, 6) is -0.0670. The lowest BCUT2D eigenvalue weighted by Gasteiger charge is -2.04. The molecule has 2 rings (SSSR count). The molecule has 0 bridgehead atoms. The zero-order valence-corrected chi connectivity index (χ0v) is 9.54. The Morgan fingerprint density at radius 1 is 1.53 bits per heavy atom. The maximum atomic E-state index is 11.6. The summed E-state index contributed by atoms with van der Waals surface area (Å²) in [4.78, 5) is 11.6. The average Bonchev–Trinajstić information content (AvgIpc) is 3.01. The highest BCUT2D eigenvalue weighted by atomic mass is 79.9. The molecule has 76 valence electrons. The van der Waals surface area contributed by atoms with Gasteiger partial charge in [0.05, 0.1) is 5.56 Å². The topological polar surface area (TPSA) is 52.9 Å². The van der Waals surface area contributed by atoms with Crippen LogP contribution in [-0.2, 0) is 0 Å².